The Balaban J connectivity index is 1.66. The van der Waals surface area contributed by atoms with E-state index >= 15 is 0 Å². The van der Waals surface area contributed by atoms with Crippen LogP contribution < -0.4 is 15.8 Å². The minimum atomic E-state index is -4.72. The number of anilines is 1. The molecule has 1 aliphatic rings. The van der Waals surface area contributed by atoms with Crippen LogP contribution in [0.3, 0.4) is 0 Å². The fourth-order valence-corrected chi connectivity index (χ4v) is 3.60. The van der Waals surface area contributed by atoms with E-state index in [9.17, 15) is 31.5 Å². The first-order valence-corrected chi connectivity index (χ1v) is 10.8. The monoisotopic (exact) mass is 518 g/mol. The van der Waals surface area contributed by atoms with Gasteiger partial charge in [0, 0.05) is 12.2 Å². The normalized spacial score (nSPS) is 13.4. The van der Waals surface area contributed by atoms with Crippen LogP contribution in [-0.2, 0) is 6.18 Å². The smallest absolute Gasteiger partial charge is 0.416 e. The van der Waals surface area contributed by atoms with Gasteiger partial charge in [-0.15, -0.1) is 0 Å². The molecule has 3 N–H and O–H groups in total. The molecule has 3 aromatic rings. The van der Waals surface area contributed by atoms with Gasteiger partial charge in [-0.05, 0) is 67.1 Å². The van der Waals surface area contributed by atoms with Crippen LogP contribution in [0, 0.1) is 18.6 Å². The first-order valence-electron chi connectivity index (χ1n) is 10.8. The molecule has 37 heavy (non-hydrogen) atoms. The second kappa shape index (κ2) is 9.88. The van der Waals surface area contributed by atoms with Crippen molar-refractivity contribution in [3.05, 3.63) is 88.5 Å². The highest BCUT2D eigenvalue weighted by molar-refractivity contribution is 6.09. The van der Waals surface area contributed by atoms with Gasteiger partial charge in [0.25, 0.3) is 11.8 Å². The van der Waals surface area contributed by atoms with Gasteiger partial charge >= 0.3 is 6.18 Å². The number of aliphatic imine (C=N–C) groups is 1. The molecule has 192 valence electrons. The SMILES string of the molecule is Cc1cc(F)ccc1Oc1cc(C(F)(F)F)ccc1C(=O)Nc1ccc(F)c(C(=O)N2CCN=C2N)c1. The second-order valence-corrected chi connectivity index (χ2v) is 8.07. The molecule has 0 aromatic heterocycles. The fourth-order valence-electron chi connectivity index (χ4n) is 3.60. The molecular weight excluding hydrogens is 499 g/mol. The standard InChI is InChI=1S/C25H19F5N4O3/c1-13-10-15(26)3-7-20(13)37-21-11-14(25(28,29)30)2-5-17(21)22(35)33-16-4-6-19(27)18(12-16)23(36)34-9-8-32-24(34)31/h2-7,10-12H,8-9H2,1H3,(H2,31,32)(H,33,35). The molecule has 0 saturated carbocycles. The van der Waals surface area contributed by atoms with Crippen molar-refractivity contribution in [2.45, 2.75) is 13.1 Å². The van der Waals surface area contributed by atoms with E-state index in [1.54, 1.807) is 0 Å². The number of halogens is 5. The van der Waals surface area contributed by atoms with Crippen molar-refractivity contribution in [2.24, 2.45) is 10.7 Å². The maximum Gasteiger partial charge on any atom is 0.416 e. The van der Waals surface area contributed by atoms with Gasteiger partial charge in [-0.1, -0.05) is 0 Å². The number of nitrogens with two attached hydrogens (primary N) is 1. The first-order chi connectivity index (χ1) is 17.4. The van der Waals surface area contributed by atoms with Gasteiger partial charge in [-0.2, -0.15) is 13.2 Å². The molecule has 1 heterocycles. The van der Waals surface area contributed by atoms with Gasteiger partial charge in [0.2, 0.25) is 0 Å². The number of carbonyl (C=O) groups excluding carboxylic acids is 2. The average molecular weight is 518 g/mol. The molecule has 0 aliphatic carbocycles. The van der Waals surface area contributed by atoms with Gasteiger partial charge in [0.1, 0.15) is 23.1 Å². The van der Waals surface area contributed by atoms with Crippen molar-refractivity contribution in [1.82, 2.24) is 4.90 Å². The molecular formula is C25H19F5N4O3. The van der Waals surface area contributed by atoms with E-state index in [1.807, 2.05) is 0 Å². The van der Waals surface area contributed by atoms with E-state index in [0.29, 0.717) is 12.1 Å². The van der Waals surface area contributed by atoms with Crippen molar-refractivity contribution in [1.29, 1.82) is 0 Å². The van der Waals surface area contributed by atoms with E-state index in [1.165, 1.54) is 19.1 Å². The predicted octanol–water partition coefficient (Wildman–Crippen LogP) is 5.11. The Morgan fingerprint density at radius 3 is 2.41 bits per heavy atom. The van der Waals surface area contributed by atoms with Crippen LogP contribution in [0.5, 0.6) is 11.5 Å². The van der Waals surface area contributed by atoms with E-state index < -0.39 is 40.9 Å². The molecule has 0 saturated heterocycles. The Labute approximate surface area is 207 Å². The lowest BCUT2D eigenvalue weighted by molar-refractivity contribution is -0.137. The van der Waals surface area contributed by atoms with Crippen LogP contribution in [0.25, 0.3) is 0 Å². The number of rotatable bonds is 5. The Hall–Kier alpha value is -4.48. The number of hydrogen-bond acceptors (Lipinski definition) is 5. The third-order valence-corrected chi connectivity index (χ3v) is 5.48. The summed E-state index contributed by atoms with van der Waals surface area (Å²) in [6.45, 7) is 1.91. The molecule has 7 nitrogen and oxygen atoms in total. The highest BCUT2D eigenvalue weighted by Crippen LogP contribution is 2.36. The summed E-state index contributed by atoms with van der Waals surface area (Å²) in [7, 11) is 0. The maximum absolute atomic E-state index is 14.4. The van der Waals surface area contributed by atoms with Crippen LogP contribution in [0.4, 0.5) is 27.6 Å². The zero-order chi connectivity index (χ0) is 26.9. The summed E-state index contributed by atoms with van der Waals surface area (Å²) in [5.41, 5.74) is 4.19. The van der Waals surface area contributed by atoms with Crippen LogP contribution in [0.1, 0.15) is 31.8 Å². The zero-order valence-electron chi connectivity index (χ0n) is 19.2. The van der Waals surface area contributed by atoms with Gasteiger partial charge in [-0.25, -0.2) is 8.78 Å². The number of guanidine groups is 1. The van der Waals surface area contributed by atoms with E-state index in [-0.39, 0.29) is 47.2 Å². The Bertz CT molecular complexity index is 1420. The third kappa shape index (κ3) is 5.52. The van der Waals surface area contributed by atoms with Crippen LogP contribution in [-0.4, -0.2) is 35.8 Å². The number of nitrogens with zero attached hydrogens (tertiary/aromatic N) is 2. The van der Waals surface area contributed by atoms with Crippen molar-refractivity contribution >= 4 is 23.5 Å². The van der Waals surface area contributed by atoms with Gasteiger partial charge in [-0.3, -0.25) is 19.5 Å². The summed E-state index contributed by atoms with van der Waals surface area (Å²) in [5.74, 6) is -3.57. The molecule has 0 atom stereocenters. The van der Waals surface area contributed by atoms with E-state index in [0.717, 1.165) is 35.2 Å². The predicted molar refractivity (Wildman–Crippen MR) is 125 cm³/mol. The fraction of sp³-hybridized carbons (Fsp3) is 0.160. The first kappa shape index (κ1) is 25.6. The van der Waals surface area contributed by atoms with Crippen LogP contribution in [0.2, 0.25) is 0 Å². The van der Waals surface area contributed by atoms with Gasteiger partial charge in [0.15, 0.2) is 5.96 Å². The number of amides is 2. The number of hydrogen-bond donors (Lipinski definition) is 2. The van der Waals surface area contributed by atoms with Crippen molar-refractivity contribution in [2.75, 3.05) is 18.4 Å². The minimum absolute atomic E-state index is 0.00623. The zero-order valence-corrected chi connectivity index (χ0v) is 19.2. The van der Waals surface area contributed by atoms with E-state index in [4.69, 9.17) is 10.5 Å². The highest BCUT2D eigenvalue weighted by atomic mass is 19.4. The topological polar surface area (TPSA) is 97.0 Å². The summed E-state index contributed by atoms with van der Waals surface area (Å²) >= 11 is 0. The minimum Gasteiger partial charge on any atom is -0.456 e. The lowest BCUT2D eigenvalue weighted by Crippen LogP contribution is -2.39. The summed E-state index contributed by atoms with van der Waals surface area (Å²) in [4.78, 5) is 30.7. The van der Waals surface area contributed by atoms with Crippen molar-refractivity contribution in [3.63, 3.8) is 0 Å². The second-order valence-electron chi connectivity index (χ2n) is 8.07. The van der Waals surface area contributed by atoms with Crippen LogP contribution >= 0.6 is 0 Å². The van der Waals surface area contributed by atoms with Crippen molar-refractivity contribution in [3.8, 4) is 11.5 Å². The average Bonchev–Trinajstić information content (AvgIpc) is 3.26. The molecule has 0 spiro atoms. The number of nitrogens with one attached hydrogen (secondary N) is 1. The molecule has 12 heteroatoms. The largest absolute Gasteiger partial charge is 0.456 e. The molecule has 0 unspecified atom stereocenters. The van der Waals surface area contributed by atoms with Gasteiger partial charge < -0.3 is 15.8 Å². The van der Waals surface area contributed by atoms with Crippen LogP contribution in [0.15, 0.2) is 59.6 Å². The quantitative estimate of drug-likeness (QED) is 0.459. The summed E-state index contributed by atoms with van der Waals surface area (Å²) in [6, 6.07) is 8.89. The third-order valence-electron chi connectivity index (χ3n) is 5.48. The lowest BCUT2D eigenvalue weighted by Gasteiger charge is -2.17. The molecule has 0 fully saturated rings. The molecule has 4 rings (SSSR count). The number of benzene rings is 3. The Morgan fingerprint density at radius 1 is 1.00 bits per heavy atom. The highest BCUT2D eigenvalue weighted by Gasteiger charge is 2.32. The number of ether oxygens (including phenoxy) is 1. The molecule has 1 aliphatic heterocycles. The lowest BCUT2D eigenvalue weighted by atomic mass is 10.1. The summed E-state index contributed by atoms with van der Waals surface area (Å²) < 4.78 is 73.4. The van der Waals surface area contributed by atoms with Crippen molar-refractivity contribution < 1.29 is 36.3 Å². The molecule has 0 radical (unpaired) electrons. The summed E-state index contributed by atoms with van der Waals surface area (Å²) in [5, 5.41) is 2.43. The molecule has 0 bridgehead atoms. The Kier molecular flexibility index (Phi) is 6.84. The summed E-state index contributed by atoms with van der Waals surface area (Å²) in [6.07, 6.45) is -4.72. The van der Waals surface area contributed by atoms with E-state index in [2.05, 4.69) is 10.3 Å². The maximum atomic E-state index is 14.4. The number of alkyl halides is 3. The molecule has 2 amide bonds. The molecule has 3 aromatic carbocycles. The van der Waals surface area contributed by atoms with Gasteiger partial charge in [0.05, 0.1) is 23.2 Å². The number of aryl methyl sites for hydroxylation is 1. The Morgan fingerprint density at radius 2 is 1.76 bits per heavy atom. The number of carbonyl (C=O) groups is 2.